The predicted molar refractivity (Wildman–Crippen MR) is 77.2 cm³/mol. The van der Waals surface area contributed by atoms with Crippen molar-refractivity contribution in [2.24, 2.45) is 0 Å². The maximum Gasteiger partial charge on any atom is 0.418 e. The molecule has 0 fully saturated rings. The van der Waals surface area contributed by atoms with Gasteiger partial charge in [-0.3, -0.25) is 10.1 Å². The van der Waals surface area contributed by atoms with E-state index in [2.05, 4.69) is 10.6 Å². The number of nitro groups is 1. The third-order valence-corrected chi connectivity index (χ3v) is 2.83. The summed E-state index contributed by atoms with van der Waals surface area (Å²) in [5.74, 6) is 0. The summed E-state index contributed by atoms with van der Waals surface area (Å²) in [4.78, 5) is 9.69. The lowest BCUT2D eigenvalue weighted by Gasteiger charge is -2.15. The van der Waals surface area contributed by atoms with Crippen LogP contribution < -0.4 is 10.6 Å². The van der Waals surface area contributed by atoms with Crippen molar-refractivity contribution in [2.75, 3.05) is 11.9 Å². The van der Waals surface area contributed by atoms with Crippen molar-refractivity contribution >= 4 is 28.7 Å². The highest BCUT2D eigenvalue weighted by atomic mass is 32.1. The first-order chi connectivity index (χ1) is 9.75. The first-order valence-corrected chi connectivity index (χ1v) is 6.57. The molecule has 0 aliphatic heterocycles. The summed E-state index contributed by atoms with van der Waals surface area (Å²) in [6.45, 7) is 2.51. The molecule has 1 aromatic rings. The van der Waals surface area contributed by atoms with Crippen molar-refractivity contribution in [1.82, 2.24) is 5.32 Å². The van der Waals surface area contributed by atoms with Crippen molar-refractivity contribution in [1.29, 1.82) is 0 Å². The molecule has 0 saturated carbocycles. The van der Waals surface area contributed by atoms with Crippen LogP contribution in [-0.4, -0.2) is 16.6 Å². The number of non-ortho nitro benzene ring substituents is 1. The van der Waals surface area contributed by atoms with Crippen LogP contribution in [0.1, 0.15) is 25.3 Å². The Labute approximate surface area is 124 Å². The van der Waals surface area contributed by atoms with Crippen LogP contribution in [0.5, 0.6) is 0 Å². The molecule has 0 atom stereocenters. The second-order valence-corrected chi connectivity index (χ2v) is 4.63. The van der Waals surface area contributed by atoms with Crippen molar-refractivity contribution in [3.63, 3.8) is 0 Å². The summed E-state index contributed by atoms with van der Waals surface area (Å²) in [5, 5.41) is 15.8. The zero-order valence-corrected chi connectivity index (χ0v) is 12.0. The molecule has 0 aliphatic carbocycles. The molecular weight excluding hydrogens is 307 g/mol. The van der Waals surface area contributed by atoms with Crippen molar-refractivity contribution in [3.8, 4) is 0 Å². The predicted octanol–water partition coefficient (Wildman–Crippen LogP) is 3.70. The summed E-state index contributed by atoms with van der Waals surface area (Å²) in [6, 6.07) is 2.47. The molecule has 0 bridgehead atoms. The lowest BCUT2D eigenvalue weighted by Crippen LogP contribution is -2.30. The number of hydrogen-bond acceptors (Lipinski definition) is 3. The van der Waals surface area contributed by atoms with Crippen LogP contribution in [0.2, 0.25) is 0 Å². The molecule has 0 saturated heterocycles. The van der Waals surface area contributed by atoms with Crippen molar-refractivity contribution in [2.45, 2.75) is 25.9 Å². The number of nitrogens with one attached hydrogen (secondary N) is 2. The lowest BCUT2D eigenvalue weighted by atomic mass is 10.1. The number of nitrogens with zero attached hydrogens (tertiary/aromatic N) is 1. The first kappa shape index (κ1) is 17.2. The Morgan fingerprint density at radius 3 is 2.62 bits per heavy atom. The largest absolute Gasteiger partial charge is 0.418 e. The minimum atomic E-state index is -4.71. The third-order valence-electron chi connectivity index (χ3n) is 2.58. The number of rotatable bonds is 5. The van der Waals surface area contributed by atoms with Gasteiger partial charge in [-0.2, -0.15) is 13.2 Å². The molecule has 0 spiro atoms. The molecule has 2 N–H and O–H groups in total. The molecule has 116 valence electrons. The molecule has 0 aromatic heterocycles. The number of alkyl halides is 3. The summed E-state index contributed by atoms with van der Waals surface area (Å²) in [5.41, 5.74) is -2.07. The van der Waals surface area contributed by atoms with Crippen LogP contribution in [0.25, 0.3) is 0 Å². The van der Waals surface area contributed by atoms with Crippen LogP contribution in [0, 0.1) is 10.1 Å². The average Bonchev–Trinajstić information content (AvgIpc) is 2.37. The molecule has 5 nitrogen and oxygen atoms in total. The van der Waals surface area contributed by atoms with Gasteiger partial charge in [-0.25, -0.2) is 0 Å². The summed E-state index contributed by atoms with van der Waals surface area (Å²) in [7, 11) is 0. The molecular formula is C12H14F3N3O2S. The second-order valence-electron chi connectivity index (χ2n) is 4.22. The zero-order chi connectivity index (χ0) is 16.0. The van der Waals surface area contributed by atoms with Crippen LogP contribution in [0.4, 0.5) is 24.5 Å². The fraction of sp³-hybridized carbons (Fsp3) is 0.417. The number of thiocarbonyl (C=S) groups is 1. The number of nitro benzene ring substituents is 1. The molecule has 9 heteroatoms. The van der Waals surface area contributed by atoms with Gasteiger partial charge in [0.2, 0.25) is 0 Å². The molecule has 0 heterocycles. The summed E-state index contributed by atoms with van der Waals surface area (Å²) < 4.78 is 38.8. The van der Waals surface area contributed by atoms with E-state index in [9.17, 15) is 23.3 Å². The van der Waals surface area contributed by atoms with Gasteiger partial charge in [-0.15, -0.1) is 0 Å². The van der Waals surface area contributed by atoms with E-state index in [1.54, 1.807) is 0 Å². The molecule has 0 amide bonds. The highest BCUT2D eigenvalue weighted by Crippen LogP contribution is 2.37. The van der Waals surface area contributed by atoms with Crippen LogP contribution in [0.15, 0.2) is 18.2 Å². The SMILES string of the molecule is CCCCNC(=S)Nc1ccc([N+](=O)[O-])cc1C(F)(F)F. The van der Waals surface area contributed by atoms with E-state index >= 15 is 0 Å². The van der Waals surface area contributed by atoms with Gasteiger partial charge in [-0.1, -0.05) is 13.3 Å². The maximum absolute atomic E-state index is 12.9. The Morgan fingerprint density at radius 2 is 2.10 bits per heavy atom. The Kier molecular flexibility index (Phi) is 5.89. The molecule has 0 aliphatic rings. The number of anilines is 1. The molecule has 1 aromatic carbocycles. The fourth-order valence-corrected chi connectivity index (χ4v) is 1.75. The smallest absolute Gasteiger partial charge is 0.362 e. The quantitative estimate of drug-likeness (QED) is 0.375. The standard InChI is InChI=1S/C12H14F3N3O2S/c1-2-3-6-16-11(21)17-10-5-4-8(18(19)20)7-9(10)12(13,14)15/h4-5,7H,2-3,6H2,1H3,(H2,16,17,21). The van der Waals surface area contributed by atoms with Gasteiger partial charge in [0.15, 0.2) is 5.11 Å². The van der Waals surface area contributed by atoms with Crippen LogP contribution in [-0.2, 0) is 6.18 Å². The van der Waals surface area contributed by atoms with Crippen molar-refractivity contribution in [3.05, 3.63) is 33.9 Å². The number of halogens is 3. The third kappa shape index (κ3) is 5.18. The van der Waals surface area contributed by atoms with Gasteiger partial charge in [-0.05, 0) is 24.7 Å². The minimum Gasteiger partial charge on any atom is -0.362 e. The number of unbranched alkanes of at least 4 members (excludes halogenated alkanes) is 1. The highest BCUT2D eigenvalue weighted by molar-refractivity contribution is 7.80. The molecule has 1 rings (SSSR count). The minimum absolute atomic E-state index is 0.0443. The van der Waals surface area contributed by atoms with E-state index in [0.717, 1.165) is 25.0 Å². The maximum atomic E-state index is 12.9. The van der Waals surface area contributed by atoms with Gasteiger partial charge in [0, 0.05) is 18.7 Å². The second kappa shape index (κ2) is 7.21. The Balaban J connectivity index is 2.96. The Hall–Kier alpha value is -1.90. The van der Waals surface area contributed by atoms with E-state index in [-0.39, 0.29) is 10.8 Å². The van der Waals surface area contributed by atoms with Crippen molar-refractivity contribution < 1.29 is 18.1 Å². The summed E-state index contributed by atoms with van der Waals surface area (Å²) in [6.07, 6.45) is -2.97. The van der Waals surface area contributed by atoms with Gasteiger partial charge in [0.25, 0.3) is 5.69 Å². The molecule has 0 radical (unpaired) electrons. The summed E-state index contributed by atoms with van der Waals surface area (Å²) >= 11 is 4.89. The lowest BCUT2D eigenvalue weighted by molar-refractivity contribution is -0.385. The van der Waals surface area contributed by atoms with E-state index < -0.39 is 22.4 Å². The topological polar surface area (TPSA) is 67.2 Å². The average molecular weight is 321 g/mol. The monoisotopic (exact) mass is 321 g/mol. The van der Waals surface area contributed by atoms with E-state index in [1.807, 2.05) is 6.92 Å². The fourth-order valence-electron chi connectivity index (χ4n) is 1.53. The van der Waals surface area contributed by atoms with E-state index in [0.29, 0.717) is 12.6 Å². The van der Waals surface area contributed by atoms with Crippen LogP contribution >= 0.6 is 12.2 Å². The van der Waals surface area contributed by atoms with Gasteiger partial charge in [0.1, 0.15) is 0 Å². The number of benzene rings is 1. The van der Waals surface area contributed by atoms with Crippen LogP contribution in [0.3, 0.4) is 0 Å². The van der Waals surface area contributed by atoms with E-state index in [1.165, 1.54) is 0 Å². The zero-order valence-electron chi connectivity index (χ0n) is 11.2. The van der Waals surface area contributed by atoms with Gasteiger partial charge >= 0.3 is 6.18 Å². The van der Waals surface area contributed by atoms with E-state index in [4.69, 9.17) is 12.2 Å². The van der Waals surface area contributed by atoms with Gasteiger partial charge in [0.05, 0.1) is 16.2 Å². The molecule has 21 heavy (non-hydrogen) atoms. The molecule has 0 unspecified atom stereocenters. The highest BCUT2D eigenvalue weighted by Gasteiger charge is 2.35. The first-order valence-electron chi connectivity index (χ1n) is 6.16. The normalized spacial score (nSPS) is 11.0. The Bertz CT molecular complexity index is 535. The number of hydrogen-bond donors (Lipinski definition) is 2. The Morgan fingerprint density at radius 1 is 1.43 bits per heavy atom. The van der Waals surface area contributed by atoms with Gasteiger partial charge < -0.3 is 10.6 Å².